The fourth-order valence-electron chi connectivity index (χ4n) is 4.73. The van der Waals surface area contributed by atoms with E-state index in [9.17, 15) is 14.9 Å². The lowest BCUT2D eigenvalue weighted by Gasteiger charge is -2.42. The number of pyridine rings is 1. The molecule has 4 heterocycles. The molecule has 39 heavy (non-hydrogen) atoms. The number of nitriles is 1. The third kappa shape index (κ3) is 5.65. The van der Waals surface area contributed by atoms with Gasteiger partial charge < -0.3 is 11.1 Å². The number of allylic oxidation sites excluding steroid dienone is 3. The maximum Gasteiger partial charge on any atom is 0.235 e. The van der Waals surface area contributed by atoms with Crippen LogP contribution in [0.4, 0.5) is 10.9 Å². The van der Waals surface area contributed by atoms with Gasteiger partial charge in [-0.3, -0.25) is 14.5 Å². The molecule has 1 atom stereocenters. The van der Waals surface area contributed by atoms with Gasteiger partial charge in [0, 0.05) is 38.1 Å². The minimum absolute atomic E-state index is 0.0138. The van der Waals surface area contributed by atoms with Gasteiger partial charge in [-0.2, -0.15) is 5.26 Å². The highest BCUT2D eigenvalue weighted by Gasteiger charge is 2.45. The molecule has 0 spiro atoms. The normalized spacial score (nSPS) is 18.7. The molecule has 0 bridgehead atoms. The number of nitrogens with two attached hydrogens (primary N) is 1. The van der Waals surface area contributed by atoms with Crippen LogP contribution in [0.5, 0.6) is 0 Å². The molecule has 0 saturated carbocycles. The van der Waals surface area contributed by atoms with E-state index in [4.69, 9.17) is 5.73 Å². The average molecular weight is 643 g/mol. The van der Waals surface area contributed by atoms with Crippen LogP contribution in [0.25, 0.3) is 0 Å². The summed E-state index contributed by atoms with van der Waals surface area (Å²) in [6, 6.07) is 9.74. The first-order chi connectivity index (χ1) is 18.6. The van der Waals surface area contributed by atoms with Crippen LogP contribution < -0.4 is 16.0 Å². The molecule has 1 amide bonds. The Morgan fingerprint density at radius 2 is 2.08 bits per heavy atom. The van der Waals surface area contributed by atoms with E-state index in [2.05, 4.69) is 56.3 Å². The lowest BCUT2D eigenvalue weighted by atomic mass is 9.70. The van der Waals surface area contributed by atoms with Crippen molar-refractivity contribution in [2.45, 2.75) is 43.9 Å². The van der Waals surface area contributed by atoms with Crippen molar-refractivity contribution >= 4 is 73.0 Å². The van der Waals surface area contributed by atoms with Gasteiger partial charge in [0.05, 0.1) is 23.3 Å². The van der Waals surface area contributed by atoms with Crippen LogP contribution in [0, 0.1) is 23.7 Å². The van der Waals surface area contributed by atoms with Gasteiger partial charge in [-0.15, -0.1) is 21.5 Å². The fourth-order valence-corrected chi connectivity index (χ4v) is 7.64. The number of Topliss-reactive ketones (excluding diaryl/α,β-unsaturated/α-hetero) is 1. The second-order valence-corrected chi connectivity index (χ2v) is 14.4. The lowest BCUT2D eigenvalue weighted by Crippen LogP contribution is -2.42. The number of thiophene rings is 1. The number of aryl methyl sites for hydroxylation is 1. The Hall–Kier alpha value is -3.05. The molecular formula is C26H24BrN7O2S3. The van der Waals surface area contributed by atoms with Gasteiger partial charge in [-0.1, -0.05) is 36.9 Å². The maximum absolute atomic E-state index is 13.6. The summed E-state index contributed by atoms with van der Waals surface area (Å²) in [4.78, 5) is 33.9. The first-order valence-corrected chi connectivity index (χ1v) is 15.4. The number of anilines is 2. The lowest BCUT2D eigenvalue weighted by molar-refractivity contribution is -0.118. The summed E-state index contributed by atoms with van der Waals surface area (Å²) in [5, 5.41) is 22.0. The molecule has 1 unspecified atom stereocenters. The predicted molar refractivity (Wildman–Crippen MR) is 157 cm³/mol. The number of hydrogen-bond donors (Lipinski definition) is 2. The molecule has 1 aliphatic carbocycles. The zero-order chi connectivity index (χ0) is 27.9. The minimum Gasteiger partial charge on any atom is -0.384 e. The summed E-state index contributed by atoms with van der Waals surface area (Å²) in [6.45, 7) is 6.11. The number of thioether (sulfide) groups is 1. The van der Waals surface area contributed by atoms with Crippen LogP contribution in [0.1, 0.15) is 42.4 Å². The Morgan fingerprint density at radius 1 is 1.28 bits per heavy atom. The Labute approximate surface area is 246 Å². The third-order valence-electron chi connectivity index (χ3n) is 6.34. The Kier molecular flexibility index (Phi) is 7.65. The van der Waals surface area contributed by atoms with Gasteiger partial charge in [0.15, 0.2) is 10.1 Å². The highest BCUT2D eigenvalue weighted by Crippen LogP contribution is 2.51. The molecule has 5 rings (SSSR count). The summed E-state index contributed by atoms with van der Waals surface area (Å²) in [6.07, 6.45) is 2.59. The molecule has 1 aliphatic heterocycles. The van der Waals surface area contributed by atoms with E-state index >= 15 is 0 Å². The van der Waals surface area contributed by atoms with Crippen molar-refractivity contribution < 1.29 is 9.59 Å². The molecule has 0 aromatic carbocycles. The van der Waals surface area contributed by atoms with Gasteiger partial charge in [0.25, 0.3) is 0 Å². The number of carbonyl (C=O) groups excluding carboxylic acids is 2. The van der Waals surface area contributed by atoms with Gasteiger partial charge in [-0.25, -0.2) is 4.98 Å². The summed E-state index contributed by atoms with van der Waals surface area (Å²) < 4.78 is 1.38. The van der Waals surface area contributed by atoms with Crippen molar-refractivity contribution in [2.24, 2.45) is 11.1 Å². The van der Waals surface area contributed by atoms with Gasteiger partial charge in [-0.05, 0) is 59.0 Å². The number of halogens is 1. The van der Waals surface area contributed by atoms with E-state index < -0.39 is 5.92 Å². The highest BCUT2D eigenvalue weighted by molar-refractivity contribution is 9.10. The molecule has 3 aromatic rings. The summed E-state index contributed by atoms with van der Waals surface area (Å²) in [5.74, 6) is 0.108. The van der Waals surface area contributed by atoms with Crippen molar-refractivity contribution in [2.75, 3.05) is 16.0 Å². The number of aromatic nitrogens is 3. The summed E-state index contributed by atoms with van der Waals surface area (Å²) in [7, 11) is 0. The van der Waals surface area contributed by atoms with Crippen molar-refractivity contribution in [3.8, 4) is 6.07 Å². The Balaban J connectivity index is 1.45. The number of nitrogens with zero attached hydrogens (tertiary/aromatic N) is 5. The topological polar surface area (TPSA) is 138 Å². The van der Waals surface area contributed by atoms with E-state index in [-0.39, 0.29) is 28.7 Å². The third-order valence-corrected chi connectivity index (χ3v) is 9.91. The smallest absolute Gasteiger partial charge is 0.235 e. The highest BCUT2D eigenvalue weighted by atomic mass is 79.9. The van der Waals surface area contributed by atoms with Gasteiger partial charge >= 0.3 is 0 Å². The number of hydrogen-bond acceptors (Lipinski definition) is 11. The maximum atomic E-state index is 13.6. The number of carbonyl (C=O) groups is 2. The Morgan fingerprint density at radius 3 is 2.74 bits per heavy atom. The van der Waals surface area contributed by atoms with Crippen molar-refractivity contribution in [3.05, 3.63) is 67.4 Å². The van der Waals surface area contributed by atoms with Crippen molar-refractivity contribution in [1.29, 1.82) is 5.26 Å². The minimum atomic E-state index is -0.499. The average Bonchev–Trinajstić information content (AvgIpc) is 3.51. The fraction of sp³-hybridized carbons (Fsp3) is 0.308. The van der Waals surface area contributed by atoms with Gasteiger partial charge in [0.1, 0.15) is 11.6 Å². The molecule has 0 saturated heterocycles. The molecule has 2 aliphatic rings. The van der Waals surface area contributed by atoms with E-state index in [0.717, 1.165) is 19.9 Å². The SMILES string of the molecule is Cc1ccc(C2C(C#N)=C(N)N(c3nnc(SCC(=O)Nc4ccc(Br)cn4)s3)C3=C2C(=O)CC(C)(C)C3)s1. The summed E-state index contributed by atoms with van der Waals surface area (Å²) in [5.41, 5.74) is 8.08. The second-order valence-electron chi connectivity index (χ2n) is 9.98. The number of ketones is 1. The Bertz CT molecular complexity index is 1570. The first-order valence-electron chi connectivity index (χ1n) is 12.0. The molecule has 9 nitrogen and oxygen atoms in total. The van der Waals surface area contributed by atoms with Crippen LogP contribution in [0.3, 0.4) is 0 Å². The van der Waals surface area contributed by atoms with E-state index in [1.54, 1.807) is 34.6 Å². The zero-order valence-electron chi connectivity index (χ0n) is 21.3. The van der Waals surface area contributed by atoms with Gasteiger partial charge in [0.2, 0.25) is 11.0 Å². The van der Waals surface area contributed by atoms with E-state index in [0.29, 0.717) is 39.3 Å². The van der Waals surface area contributed by atoms with Crippen molar-refractivity contribution in [3.63, 3.8) is 0 Å². The number of rotatable bonds is 6. The largest absolute Gasteiger partial charge is 0.384 e. The van der Waals surface area contributed by atoms with E-state index in [1.165, 1.54) is 23.1 Å². The molecule has 3 N–H and O–H groups in total. The number of amides is 1. The molecule has 3 aromatic heterocycles. The zero-order valence-corrected chi connectivity index (χ0v) is 25.4. The van der Waals surface area contributed by atoms with Crippen molar-refractivity contribution in [1.82, 2.24) is 15.2 Å². The van der Waals surface area contributed by atoms with Crippen LogP contribution >= 0.6 is 50.4 Å². The molecule has 0 radical (unpaired) electrons. The molecular weight excluding hydrogens is 618 g/mol. The molecule has 13 heteroatoms. The standard InChI is InChI=1S/C26H24BrN7O2S3/c1-13-4-6-18(38-13)21-15(10-28)23(29)34(16-8-26(2,3)9-17(35)22(16)21)24-32-33-25(39-24)37-12-20(36)31-19-7-5-14(27)11-30-19/h4-7,11,21H,8-9,12,29H2,1-3H3,(H,30,31,36). The molecule has 0 fully saturated rings. The second kappa shape index (κ2) is 10.8. The molecule has 200 valence electrons. The first kappa shape index (κ1) is 27.5. The monoisotopic (exact) mass is 641 g/mol. The van der Waals surface area contributed by atoms with Crippen LogP contribution in [0.15, 0.2) is 61.9 Å². The predicted octanol–water partition coefficient (Wildman–Crippen LogP) is 5.74. The summed E-state index contributed by atoms with van der Waals surface area (Å²) >= 11 is 7.39. The van der Waals surface area contributed by atoms with Crippen LogP contribution in [0.2, 0.25) is 0 Å². The van der Waals surface area contributed by atoms with Crippen LogP contribution in [-0.2, 0) is 9.59 Å². The van der Waals surface area contributed by atoms with Crippen LogP contribution in [-0.4, -0.2) is 32.6 Å². The quantitative estimate of drug-likeness (QED) is 0.323. The number of nitrogens with one attached hydrogen (secondary N) is 1. The van der Waals surface area contributed by atoms with E-state index in [1.807, 2.05) is 19.1 Å².